The smallest absolute Gasteiger partial charge is 0.140 e. The SMILES string of the molecule is CC(C)(C)C1(C(C)(C)C)CCC1=O. The molecule has 1 fully saturated rings. The average molecular weight is 182 g/mol. The predicted octanol–water partition coefficient (Wildman–Crippen LogP) is 3.43. The molecule has 13 heavy (non-hydrogen) atoms. The van der Waals surface area contributed by atoms with Crippen LogP contribution in [0.5, 0.6) is 0 Å². The van der Waals surface area contributed by atoms with E-state index in [1.807, 2.05) is 0 Å². The fourth-order valence-corrected chi connectivity index (χ4v) is 3.19. The van der Waals surface area contributed by atoms with Crippen LogP contribution in [0.2, 0.25) is 0 Å². The topological polar surface area (TPSA) is 17.1 Å². The molecule has 0 aromatic rings. The third-order valence-corrected chi connectivity index (χ3v) is 3.76. The van der Waals surface area contributed by atoms with Crippen molar-refractivity contribution in [1.82, 2.24) is 0 Å². The van der Waals surface area contributed by atoms with Gasteiger partial charge in [-0.2, -0.15) is 0 Å². The first-order valence-electron chi connectivity index (χ1n) is 5.16. The van der Waals surface area contributed by atoms with E-state index in [2.05, 4.69) is 41.5 Å². The molecule has 0 radical (unpaired) electrons. The van der Waals surface area contributed by atoms with Crippen molar-refractivity contribution < 1.29 is 4.79 Å². The maximum atomic E-state index is 11.8. The third kappa shape index (κ3) is 1.24. The summed E-state index contributed by atoms with van der Waals surface area (Å²) in [7, 11) is 0. The number of carbonyl (C=O) groups excluding carboxylic acids is 1. The minimum atomic E-state index is -0.0833. The molecule has 1 heteroatoms. The summed E-state index contributed by atoms with van der Waals surface area (Å²) in [5, 5.41) is 0. The third-order valence-electron chi connectivity index (χ3n) is 3.76. The summed E-state index contributed by atoms with van der Waals surface area (Å²) in [5.74, 6) is 0.465. The molecule has 0 spiro atoms. The van der Waals surface area contributed by atoms with E-state index >= 15 is 0 Å². The molecule has 76 valence electrons. The van der Waals surface area contributed by atoms with Crippen LogP contribution in [0, 0.1) is 16.2 Å². The first-order chi connectivity index (χ1) is 5.63. The van der Waals surface area contributed by atoms with Gasteiger partial charge in [0.15, 0.2) is 0 Å². The molecular weight excluding hydrogens is 160 g/mol. The molecule has 0 aliphatic heterocycles. The Morgan fingerprint density at radius 1 is 1.00 bits per heavy atom. The molecule has 0 aromatic heterocycles. The van der Waals surface area contributed by atoms with Gasteiger partial charge in [-0.25, -0.2) is 0 Å². The van der Waals surface area contributed by atoms with Gasteiger partial charge in [0.2, 0.25) is 0 Å². The Hall–Kier alpha value is -0.330. The van der Waals surface area contributed by atoms with Gasteiger partial charge in [0.05, 0.1) is 0 Å². The van der Waals surface area contributed by atoms with E-state index in [1.54, 1.807) is 0 Å². The van der Waals surface area contributed by atoms with Crippen LogP contribution in [-0.4, -0.2) is 5.78 Å². The van der Waals surface area contributed by atoms with Crippen LogP contribution >= 0.6 is 0 Å². The minimum absolute atomic E-state index is 0.0833. The fourth-order valence-electron chi connectivity index (χ4n) is 3.19. The van der Waals surface area contributed by atoms with E-state index in [1.165, 1.54) is 0 Å². The van der Waals surface area contributed by atoms with Gasteiger partial charge < -0.3 is 0 Å². The quantitative estimate of drug-likeness (QED) is 0.561. The summed E-state index contributed by atoms with van der Waals surface area (Å²) < 4.78 is 0. The molecule has 1 aliphatic rings. The van der Waals surface area contributed by atoms with E-state index in [0.29, 0.717) is 5.78 Å². The first kappa shape index (κ1) is 10.7. The maximum Gasteiger partial charge on any atom is 0.140 e. The fraction of sp³-hybridized carbons (Fsp3) is 0.917. The van der Waals surface area contributed by atoms with Crippen LogP contribution < -0.4 is 0 Å². The second kappa shape index (κ2) is 2.59. The number of carbonyl (C=O) groups is 1. The van der Waals surface area contributed by atoms with E-state index in [4.69, 9.17) is 0 Å². The Balaban J connectivity index is 3.12. The largest absolute Gasteiger partial charge is 0.299 e. The highest BCUT2D eigenvalue weighted by Gasteiger charge is 2.60. The van der Waals surface area contributed by atoms with Crippen LogP contribution in [-0.2, 0) is 4.79 Å². The molecule has 0 bridgehead atoms. The summed E-state index contributed by atoms with van der Waals surface area (Å²) in [6.07, 6.45) is 1.85. The lowest BCUT2D eigenvalue weighted by molar-refractivity contribution is -0.163. The van der Waals surface area contributed by atoms with E-state index in [9.17, 15) is 4.79 Å². The van der Waals surface area contributed by atoms with Crippen molar-refractivity contribution in [3.05, 3.63) is 0 Å². The second-order valence-corrected chi connectivity index (χ2v) is 6.33. The van der Waals surface area contributed by atoms with Gasteiger partial charge in [-0.15, -0.1) is 0 Å². The van der Waals surface area contributed by atoms with E-state index < -0.39 is 0 Å². The lowest BCUT2D eigenvalue weighted by Gasteiger charge is -2.58. The van der Waals surface area contributed by atoms with Gasteiger partial charge in [-0.05, 0) is 17.3 Å². The molecule has 1 nitrogen and oxygen atoms in total. The molecule has 0 saturated heterocycles. The standard InChI is InChI=1S/C12H22O/c1-10(2,3)12(11(4,5)6)8-7-9(12)13/h7-8H2,1-6H3. The van der Waals surface area contributed by atoms with Crippen molar-refractivity contribution in [3.63, 3.8) is 0 Å². The number of Topliss-reactive ketones (excluding diaryl/α,β-unsaturated/α-hetero) is 1. The zero-order chi connectivity index (χ0) is 10.5. The highest BCUT2D eigenvalue weighted by atomic mass is 16.1. The Morgan fingerprint density at radius 3 is 1.38 bits per heavy atom. The van der Waals surface area contributed by atoms with Crippen molar-refractivity contribution in [3.8, 4) is 0 Å². The lowest BCUT2D eigenvalue weighted by Crippen LogP contribution is -2.58. The molecule has 0 aromatic carbocycles. The van der Waals surface area contributed by atoms with Crippen molar-refractivity contribution in [2.24, 2.45) is 16.2 Å². The van der Waals surface area contributed by atoms with Gasteiger partial charge in [0.1, 0.15) is 5.78 Å². The Bertz CT molecular complexity index is 210. The van der Waals surface area contributed by atoms with Crippen LogP contribution in [0.15, 0.2) is 0 Å². The molecule has 1 rings (SSSR count). The minimum Gasteiger partial charge on any atom is -0.299 e. The average Bonchev–Trinajstić information content (AvgIpc) is 1.77. The van der Waals surface area contributed by atoms with Gasteiger partial charge in [0, 0.05) is 11.8 Å². The second-order valence-electron chi connectivity index (χ2n) is 6.33. The van der Waals surface area contributed by atoms with Gasteiger partial charge >= 0.3 is 0 Å². The van der Waals surface area contributed by atoms with Crippen molar-refractivity contribution in [1.29, 1.82) is 0 Å². The van der Waals surface area contributed by atoms with Crippen molar-refractivity contribution >= 4 is 5.78 Å². The number of hydrogen-bond donors (Lipinski definition) is 0. The zero-order valence-corrected chi connectivity index (χ0v) is 9.82. The molecular formula is C12H22O. The monoisotopic (exact) mass is 182 g/mol. The highest BCUT2D eigenvalue weighted by Crippen LogP contribution is 2.60. The lowest BCUT2D eigenvalue weighted by atomic mass is 9.44. The Labute approximate surface area is 81.9 Å². The van der Waals surface area contributed by atoms with Gasteiger partial charge in [0.25, 0.3) is 0 Å². The van der Waals surface area contributed by atoms with Crippen LogP contribution in [0.4, 0.5) is 0 Å². The summed E-state index contributed by atoms with van der Waals surface area (Å²) in [6.45, 7) is 13.1. The Kier molecular flexibility index (Phi) is 2.14. The molecule has 1 saturated carbocycles. The van der Waals surface area contributed by atoms with E-state index in [0.717, 1.165) is 12.8 Å². The molecule has 0 N–H and O–H groups in total. The van der Waals surface area contributed by atoms with Crippen LogP contribution in [0.1, 0.15) is 54.4 Å². The number of ketones is 1. The van der Waals surface area contributed by atoms with Crippen molar-refractivity contribution in [2.45, 2.75) is 54.4 Å². The number of rotatable bonds is 0. The van der Waals surface area contributed by atoms with Gasteiger partial charge in [-0.1, -0.05) is 41.5 Å². The normalized spacial score (nSPS) is 22.8. The molecule has 0 amide bonds. The zero-order valence-electron chi connectivity index (χ0n) is 9.82. The first-order valence-corrected chi connectivity index (χ1v) is 5.16. The summed E-state index contributed by atoms with van der Waals surface area (Å²) in [5.41, 5.74) is 0.112. The molecule has 0 atom stereocenters. The van der Waals surface area contributed by atoms with Crippen LogP contribution in [0.3, 0.4) is 0 Å². The maximum absolute atomic E-state index is 11.8. The summed E-state index contributed by atoms with van der Waals surface area (Å²) in [6, 6.07) is 0. The summed E-state index contributed by atoms with van der Waals surface area (Å²) in [4.78, 5) is 11.8. The highest BCUT2D eigenvalue weighted by molar-refractivity contribution is 5.92. The summed E-state index contributed by atoms with van der Waals surface area (Å²) >= 11 is 0. The van der Waals surface area contributed by atoms with Gasteiger partial charge in [-0.3, -0.25) is 4.79 Å². The van der Waals surface area contributed by atoms with Crippen molar-refractivity contribution in [2.75, 3.05) is 0 Å². The Morgan fingerprint density at radius 2 is 1.38 bits per heavy atom. The molecule has 1 aliphatic carbocycles. The number of hydrogen-bond acceptors (Lipinski definition) is 1. The molecule has 0 heterocycles. The predicted molar refractivity (Wildman–Crippen MR) is 55.6 cm³/mol. The van der Waals surface area contributed by atoms with E-state index in [-0.39, 0.29) is 16.2 Å². The molecule has 0 unspecified atom stereocenters. The van der Waals surface area contributed by atoms with Crippen LogP contribution in [0.25, 0.3) is 0 Å².